The van der Waals surface area contributed by atoms with Crippen LogP contribution in [0.25, 0.3) is 0 Å². The standard InChI is InChI=1S/C10H12FN5/c1-6(10-13-5-14-16-10)15-9-3-7(11)2-8(12)4-9/h2-6,15H,12H2,1H3,(H,13,14,16). The summed E-state index contributed by atoms with van der Waals surface area (Å²) >= 11 is 0. The molecule has 0 saturated heterocycles. The van der Waals surface area contributed by atoms with Gasteiger partial charge in [0, 0.05) is 11.4 Å². The number of aromatic amines is 1. The van der Waals surface area contributed by atoms with Crippen molar-refractivity contribution in [2.45, 2.75) is 13.0 Å². The molecule has 0 amide bonds. The van der Waals surface area contributed by atoms with Crippen LogP contribution in [0.5, 0.6) is 0 Å². The Kier molecular flexibility index (Phi) is 2.72. The predicted octanol–water partition coefficient (Wildman–Crippen LogP) is 1.70. The van der Waals surface area contributed by atoms with Crippen molar-refractivity contribution in [2.75, 3.05) is 11.1 Å². The Labute approximate surface area is 91.9 Å². The average molecular weight is 221 g/mol. The van der Waals surface area contributed by atoms with Crippen LogP contribution in [-0.2, 0) is 0 Å². The number of benzene rings is 1. The van der Waals surface area contributed by atoms with Crippen molar-refractivity contribution in [1.29, 1.82) is 0 Å². The highest BCUT2D eigenvalue weighted by molar-refractivity contribution is 5.55. The SMILES string of the molecule is CC(Nc1cc(N)cc(F)c1)c1ncn[nH]1. The summed E-state index contributed by atoms with van der Waals surface area (Å²) in [5.74, 6) is 0.315. The van der Waals surface area contributed by atoms with Crippen molar-refractivity contribution in [3.63, 3.8) is 0 Å². The van der Waals surface area contributed by atoms with Crippen LogP contribution in [0, 0.1) is 5.82 Å². The summed E-state index contributed by atoms with van der Waals surface area (Å²) in [4.78, 5) is 4.00. The van der Waals surface area contributed by atoms with E-state index < -0.39 is 0 Å². The molecule has 0 spiro atoms. The van der Waals surface area contributed by atoms with E-state index in [1.165, 1.54) is 18.5 Å². The molecule has 0 aliphatic carbocycles. The third-order valence-corrected chi connectivity index (χ3v) is 2.15. The second-order valence-electron chi connectivity index (χ2n) is 3.51. The van der Waals surface area contributed by atoms with E-state index in [1.807, 2.05) is 6.92 Å². The lowest BCUT2D eigenvalue weighted by molar-refractivity contribution is 0.628. The number of anilines is 2. The molecule has 0 aliphatic heterocycles. The van der Waals surface area contributed by atoms with Crippen molar-refractivity contribution in [1.82, 2.24) is 15.2 Å². The number of nitrogens with zero attached hydrogens (tertiary/aromatic N) is 2. The van der Waals surface area contributed by atoms with Gasteiger partial charge in [-0.25, -0.2) is 9.37 Å². The first-order chi connectivity index (χ1) is 7.65. The maximum atomic E-state index is 13.1. The van der Waals surface area contributed by atoms with Crippen molar-refractivity contribution >= 4 is 11.4 Å². The number of halogens is 1. The summed E-state index contributed by atoms with van der Waals surface area (Å²) < 4.78 is 13.1. The number of hydrogen-bond acceptors (Lipinski definition) is 4. The van der Waals surface area contributed by atoms with Gasteiger partial charge >= 0.3 is 0 Å². The lowest BCUT2D eigenvalue weighted by atomic mass is 10.2. The monoisotopic (exact) mass is 221 g/mol. The third-order valence-electron chi connectivity index (χ3n) is 2.15. The van der Waals surface area contributed by atoms with Crippen LogP contribution in [-0.4, -0.2) is 15.2 Å². The molecule has 2 aromatic rings. The van der Waals surface area contributed by atoms with Crippen LogP contribution in [0.4, 0.5) is 15.8 Å². The molecule has 0 bridgehead atoms. The summed E-state index contributed by atoms with van der Waals surface area (Å²) in [6.07, 6.45) is 1.42. The molecule has 1 atom stereocenters. The van der Waals surface area contributed by atoms with Crippen molar-refractivity contribution in [3.05, 3.63) is 36.2 Å². The first-order valence-corrected chi connectivity index (χ1v) is 4.83. The molecule has 84 valence electrons. The van der Waals surface area contributed by atoms with Crippen molar-refractivity contribution in [3.8, 4) is 0 Å². The van der Waals surface area contributed by atoms with Gasteiger partial charge in [-0.15, -0.1) is 0 Å². The molecule has 6 heteroatoms. The Balaban J connectivity index is 2.15. The van der Waals surface area contributed by atoms with E-state index in [1.54, 1.807) is 6.07 Å². The van der Waals surface area contributed by atoms with Crippen LogP contribution < -0.4 is 11.1 Å². The van der Waals surface area contributed by atoms with E-state index in [0.717, 1.165) is 0 Å². The minimum atomic E-state index is -0.368. The first kappa shape index (κ1) is 10.4. The zero-order chi connectivity index (χ0) is 11.5. The van der Waals surface area contributed by atoms with Gasteiger partial charge in [-0.3, -0.25) is 5.10 Å². The molecule has 16 heavy (non-hydrogen) atoms. The molecular weight excluding hydrogens is 209 g/mol. The van der Waals surface area contributed by atoms with Crippen LogP contribution in [0.2, 0.25) is 0 Å². The number of nitrogen functional groups attached to an aromatic ring is 1. The van der Waals surface area contributed by atoms with E-state index in [-0.39, 0.29) is 11.9 Å². The Bertz CT molecular complexity index is 448. The minimum Gasteiger partial charge on any atom is -0.399 e. The Morgan fingerprint density at radius 3 is 2.88 bits per heavy atom. The van der Waals surface area contributed by atoms with E-state index >= 15 is 0 Å². The highest BCUT2D eigenvalue weighted by Gasteiger charge is 2.08. The zero-order valence-corrected chi connectivity index (χ0v) is 8.74. The van der Waals surface area contributed by atoms with Crippen LogP contribution in [0.1, 0.15) is 18.8 Å². The molecule has 5 nitrogen and oxygen atoms in total. The van der Waals surface area contributed by atoms with E-state index in [9.17, 15) is 4.39 Å². The number of nitrogens with one attached hydrogen (secondary N) is 2. The summed E-state index contributed by atoms with van der Waals surface area (Å²) in [6, 6.07) is 4.22. The topological polar surface area (TPSA) is 79.6 Å². The van der Waals surface area contributed by atoms with Crippen molar-refractivity contribution < 1.29 is 4.39 Å². The first-order valence-electron chi connectivity index (χ1n) is 4.83. The van der Waals surface area contributed by atoms with Gasteiger partial charge < -0.3 is 11.1 Å². The normalized spacial score (nSPS) is 12.4. The molecule has 0 aliphatic rings. The molecule has 0 fully saturated rings. The summed E-state index contributed by atoms with van der Waals surface area (Å²) in [7, 11) is 0. The van der Waals surface area contributed by atoms with Gasteiger partial charge in [-0.1, -0.05) is 0 Å². The number of hydrogen-bond donors (Lipinski definition) is 3. The second kappa shape index (κ2) is 4.18. The lowest BCUT2D eigenvalue weighted by Crippen LogP contribution is -2.09. The minimum absolute atomic E-state index is 0.0938. The van der Waals surface area contributed by atoms with Gasteiger partial charge in [-0.05, 0) is 25.1 Å². The van der Waals surface area contributed by atoms with Crippen LogP contribution in [0.3, 0.4) is 0 Å². The molecular formula is C10H12FN5. The highest BCUT2D eigenvalue weighted by Crippen LogP contribution is 2.19. The van der Waals surface area contributed by atoms with Gasteiger partial charge in [0.2, 0.25) is 0 Å². The molecule has 1 unspecified atom stereocenters. The van der Waals surface area contributed by atoms with E-state index in [2.05, 4.69) is 20.5 Å². The van der Waals surface area contributed by atoms with Gasteiger partial charge in [0.05, 0.1) is 6.04 Å². The zero-order valence-electron chi connectivity index (χ0n) is 8.74. The fraction of sp³-hybridized carbons (Fsp3) is 0.200. The number of H-pyrrole nitrogens is 1. The summed E-state index contributed by atoms with van der Waals surface area (Å²) in [5, 5.41) is 9.56. The molecule has 1 heterocycles. The molecule has 0 radical (unpaired) electrons. The van der Waals surface area contributed by atoms with E-state index in [0.29, 0.717) is 17.2 Å². The maximum Gasteiger partial charge on any atom is 0.146 e. The lowest BCUT2D eigenvalue weighted by Gasteiger charge is -2.12. The Morgan fingerprint density at radius 2 is 2.25 bits per heavy atom. The fourth-order valence-corrected chi connectivity index (χ4v) is 1.44. The Hall–Kier alpha value is -2.11. The summed E-state index contributed by atoms with van der Waals surface area (Å²) in [6.45, 7) is 1.89. The van der Waals surface area contributed by atoms with Gasteiger partial charge in [-0.2, -0.15) is 5.10 Å². The molecule has 2 rings (SSSR count). The number of aromatic nitrogens is 3. The van der Waals surface area contributed by atoms with Gasteiger partial charge in [0.25, 0.3) is 0 Å². The van der Waals surface area contributed by atoms with Gasteiger partial charge in [0.1, 0.15) is 18.0 Å². The predicted molar refractivity (Wildman–Crippen MR) is 59.2 cm³/mol. The second-order valence-corrected chi connectivity index (χ2v) is 3.51. The number of rotatable bonds is 3. The quantitative estimate of drug-likeness (QED) is 0.689. The van der Waals surface area contributed by atoms with Crippen molar-refractivity contribution in [2.24, 2.45) is 0 Å². The molecule has 0 saturated carbocycles. The third kappa shape index (κ3) is 2.28. The fourth-order valence-electron chi connectivity index (χ4n) is 1.44. The molecule has 1 aromatic heterocycles. The van der Waals surface area contributed by atoms with E-state index in [4.69, 9.17) is 5.73 Å². The highest BCUT2D eigenvalue weighted by atomic mass is 19.1. The Morgan fingerprint density at radius 1 is 1.44 bits per heavy atom. The average Bonchev–Trinajstić information content (AvgIpc) is 2.68. The largest absolute Gasteiger partial charge is 0.399 e. The molecule has 4 N–H and O–H groups in total. The van der Waals surface area contributed by atoms with Crippen LogP contribution >= 0.6 is 0 Å². The number of nitrogens with two attached hydrogens (primary N) is 1. The molecule has 1 aromatic carbocycles. The van der Waals surface area contributed by atoms with Gasteiger partial charge in [0.15, 0.2) is 0 Å². The summed E-state index contributed by atoms with van der Waals surface area (Å²) in [5.41, 5.74) is 6.53. The maximum absolute atomic E-state index is 13.1. The van der Waals surface area contributed by atoms with Crippen LogP contribution in [0.15, 0.2) is 24.5 Å². The smallest absolute Gasteiger partial charge is 0.146 e.